The Balaban J connectivity index is 1.93. The van der Waals surface area contributed by atoms with E-state index in [0.29, 0.717) is 5.52 Å². The van der Waals surface area contributed by atoms with Crippen LogP contribution in [0.1, 0.15) is 16.8 Å². The van der Waals surface area contributed by atoms with Crippen molar-refractivity contribution in [2.75, 3.05) is 26.2 Å². The minimum absolute atomic E-state index is 0.140. The van der Waals surface area contributed by atoms with Crippen molar-refractivity contribution in [1.82, 2.24) is 15.2 Å². The fraction of sp³-hybridized carbons (Fsp3) is 0.467. The number of rotatable bonds is 2. The topological polar surface area (TPSA) is 31.1 Å². The third-order valence-electron chi connectivity index (χ3n) is 4.04. The summed E-state index contributed by atoms with van der Waals surface area (Å²) >= 11 is 0. The van der Waals surface area contributed by atoms with E-state index >= 15 is 0 Å². The number of nitrogens with one attached hydrogen (secondary N) is 2. The summed E-state index contributed by atoms with van der Waals surface area (Å²) < 4.78 is 14.1. The minimum atomic E-state index is -0.140. The van der Waals surface area contributed by atoms with Crippen molar-refractivity contribution in [2.45, 2.75) is 20.4 Å². The first kappa shape index (κ1) is 12.6. The van der Waals surface area contributed by atoms with Crippen molar-refractivity contribution < 1.29 is 4.39 Å². The van der Waals surface area contributed by atoms with Gasteiger partial charge in [-0.15, -0.1) is 0 Å². The summed E-state index contributed by atoms with van der Waals surface area (Å²) in [6.45, 7) is 8.97. The molecular formula is C15H20FN3. The number of piperazine rings is 1. The molecule has 102 valence electrons. The van der Waals surface area contributed by atoms with Crippen LogP contribution < -0.4 is 5.32 Å². The average molecular weight is 261 g/mol. The van der Waals surface area contributed by atoms with Crippen LogP contribution in [0.2, 0.25) is 0 Å². The van der Waals surface area contributed by atoms with Gasteiger partial charge in [0.25, 0.3) is 0 Å². The largest absolute Gasteiger partial charge is 0.356 e. The SMILES string of the molecule is Cc1[nH]c2c(F)cc(CN3CCNCC3)cc2c1C. The molecule has 1 fully saturated rings. The highest BCUT2D eigenvalue weighted by atomic mass is 19.1. The second-order valence-corrected chi connectivity index (χ2v) is 5.40. The number of halogens is 1. The van der Waals surface area contributed by atoms with Gasteiger partial charge in [0.1, 0.15) is 5.82 Å². The molecule has 0 unspecified atom stereocenters. The van der Waals surface area contributed by atoms with Gasteiger partial charge in [-0.25, -0.2) is 4.39 Å². The quantitative estimate of drug-likeness (QED) is 0.869. The van der Waals surface area contributed by atoms with E-state index in [9.17, 15) is 4.39 Å². The van der Waals surface area contributed by atoms with Gasteiger partial charge in [0.2, 0.25) is 0 Å². The maximum atomic E-state index is 14.1. The molecule has 3 rings (SSSR count). The lowest BCUT2D eigenvalue weighted by atomic mass is 10.1. The zero-order valence-electron chi connectivity index (χ0n) is 11.5. The Morgan fingerprint density at radius 2 is 1.95 bits per heavy atom. The molecule has 0 atom stereocenters. The highest BCUT2D eigenvalue weighted by molar-refractivity contribution is 5.85. The van der Waals surface area contributed by atoms with E-state index in [0.717, 1.165) is 54.9 Å². The maximum absolute atomic E-state index is 14.1. The molecule has 1 aliphatic heterocycles. The van der Waals surface area contributed by atoms with Crippen molar-refractivity contribution in [2.24, 2.45) is 0 Å². The van der Waals surface area contributed by atoms with Crippen LogP contribution in [0.3, 0.4) is 0 Å². The first-order chi connectivity index (χ1) is 9.15. The summed E-state index contributed by atoms with van der Waals surface area (Å²) in [7, 11) is 0. The summed E-state index contributed by atoms with van der Waals surface area (Å²) in [4.78, 5) is 5.49. The zero-order chi connectivity index (χ0) is 13.4. The van der Waals surface area contributed by atoms with E-state index in [4.69, 9.17) is 0 Å². The van der Waals surface area contributed by atoms with E-state index in [-0.39, 0.29) is 5.82 Å². The molecule has 19 heavy (non-hydrogen) atoms. The van der Waals surface area contributed by atoms with E-state index in [1.54, 1.807) is 6.07 Å². The van der Waals surface area contributed by atoms with E-state index in [2.05, 4.69) is 21.3 Å². The number of aryl methyl sites for hydroxylation is 2. The third kappa shape index (κ3) is 2.38. The van der Waals surface area contributed by atoms with Crippen LogP contribution in [-0.2, 0) is 6.54 Å². The van der Waals surface area contributed by atoms with Crippen LogP contribution in [0.15, 0.2) is 12.1 Å². The van der Waals surface area contributed by atoms with E-state index < -0.39 is 0 Å². The van der Waals surface area contributed by atoms with E-state index in [1.165, 1.54) is 0 Å². The van der Waals surface area contributed by atoms with Crippen molar-refractivity contribution in [3.63, 3.8) is 0 Å². The molecule has 1 saturated heterocycles. The number of hydrogen-bond acceptors (Lipinski definition) is 2. The molecular weight excluding hydrogens is 241 g/mol. The predicted octanol–water partition coefficient (Wildman–Crippen LogP) is 2.33. The number of H-pyrrole nitrogens is 1. The van der Waals surface area contributed by atoms with Crippen LogP contribution >= 0.6 is 0 Å². The molecule has 4 heteroatoms. The van der Waals surface area contributed by atoms with Gasteiger partial charge in [0.15, 0.2) is 0 Å². The summed E-state index contributed by atoms with van der Waals surface area (Å²) in [5.74, 6) is -0.140. The Hall–Kier alpha value is -1.39. The normalized spacial score (nSPS) is 17.2. The molecule has 1 aliphatic rings. The van der Waals surface area contributed by atoms with Crippen molar-refractivity contribution in [1.29, 1.82) is 0 Å². The average Bonchev–Trinajstić information content (AvgIpc) is 2.68. The molecule has 2 aromatic rings. The Morgan fingerprint density at radius 1 is 1.21 bits per heavy atom. The lowest BCUT2D eigenvalue weighted by molar-refractivity contribution is 0.233. The molecule has 1 aromatic carbocycles. The molecule has 2 heterocycles. The summed E-state index contributed by atoms with van der Waals surface area (Å²) in [6, 6.07) is 3.79. The number of fused-ring (bicyclic) bond motifs is 1. The number of hydrogen-bond donors (Lipinski definition) is 2. The lowest BCUT2D eigenvalue weighted by Crippen LogP contribution is -2.42. The van der Waals surface area contributed by atoms with Crippen LogP contribution in [0.25, 0.3) is 10.9 Å². The van der Waals surface area contributed by atoms with Gasteiger partial charge in [0.05, 0.1) is 5.52 Å². The lowest BCUT2D eigenvalue weighted by Gasteiger charge is -2.27. The summed E-state index contributed by atoms with van der Waals surface area (Å²) in [6.07, 6.45) is 0. The highest BCUT2D eigenvalue weighted by Crippen LogP contribution is 2.25. The second-order valence-electron chi connectivity index (χ2n) is 5.40. The second kappa shape index (κ2) is 4.94. The van der Waals surface area contributed by atoms with E-state index in [1.807, 2.05) is 13.8 Å². The number of nitrogens with zero attached hydrogens (tertiary/aromatic N) is 1. The van der Waals surface area contributed by atoms with Crippen LogP contribution in [0, 0.1) is 19.7 Å². The summed E-state index contributed by atoms with van der Waals surface area (Å²) in [5, 5.41) is 4.35. The maximum Gasteiger partial charge on any atom is 0.147 e. The smallest absolute Gasteiger partial charge is 0.147 e. The fourth-order valence-electron chi connectivity index (χ4n) is 2.79. The molecule has 0 aliphatic carbocycles. The molecule has 0 saturated carbocycles. The number of aromatic nitrogens is 1. The van der Waals surface area contributed by atoms with Crippen LogP contribution in [0.5, 0.6) is 0 Å². The molecule has 0 spiro atoms. The van der Waals surface area contributed by atoms with Gasteiger partial charge in [-0.05, 0) is 37.1 Å². The van der Waals surface area contributed by atoms with Gasteiger partial charge in [-0.3, -0.25) is 4.90 Å². The third-order valence-corrected chi connectivity index (χ3v) is 4.04. The van der Waals surface area contributed by atoms with Crippen LogP contribution in [0.4, 0.5) is 4.39 Å². The Bertz CT molecular complexity index is 597. The molecule has 0 bridgehead atoms. The zero-order valence-corrected chi connectivity index (χ0v) is 11.5. The summed E-state index contributed by atoms with van der Waals surface area (Å²) in [5.41, 5.74) is 3.90. The Kier molecular flexibility index (Phi) is 3.29. The fourth-order valence-corrected chi connectivity index (χ4v) is 2.79. The van der Waals surface area contributed by atoms with Crippen molar-refractivity contribution in [3.8, 4) is 0 Å². The number of benzene rings is 1. The molecule has 0 radical (unpaired) electrons. The first-order valence-corrected chi connectivity index (χ1v) is 6.85. The van der Waals surface area contributed by atoms with Gasteiger partial charge < -0.3 is 10.3 Å². The van der Waals surface area contributed by atoms with Crippen molar-refractivity contribution in [3.05, 3.63) is 34.8 Å². The van der Waals surface area contributed by atoms with Crippen molar-refractivity contribution >= 4 is 10.9 Å². The molecule has 1 aromatic heterocycles. The Labute approximate surface area is 112 Å². The molecule has 0 amide bonds. The Morgan fingerprint density at radius 3 is 2.68 bits per heavy atom. The molecule has 3 nitrogen and oxygen atoms in total. The standard InChI is InChI=1S/C15H20FN3/c1-10-11(2)18-15-13(10)7-12(8-14(15)16)9-19-5-3-17-4-6-19/h7-8,17-18H,3-6,9H2,1-2H3. The predicted molar refractivity (Wildman–Crippen MR) is 75.9 cm³/mol. The minimum Gasteiger partial charge on any atom is -0.356 e. The van der Waals surface area contributed by atoms with Gasteiger partial charge in [0, 0.05) is 43.8 Å². The monoisotopic (exact) mass is 261 g/mol. The van der Waals surface area contributed by atoms with Gasteiger partial charge in [-0.1, -0.05) is 0 Å². The van der Waals surface area contributed by atoms with Gasteiger partial charge >= 0.3 is 0 Å². The number of aromatic amines is 1. The van der Waals surface area contributed by atoms with Gasteiger partial charge in [-0.2, -0.15) is 0 Å². The highest BCUT2D eigenvalue weighted by Gasteiger charge is 2.14. The van der Waals surface area contributed by atoms with Crippen LogP contribution in [-0.4, -0.2) is 36.1 Å². The molecule has 2 N–H and O–H groups in total. The first-order valence-electron chi connectivity index (χ1n) is 6.85.